The first-order valence-corrected chi connectivity index (χ1v) is 5.24. The summed E-state index contributed by atoms with van der Waals surface area (Å²) in [6, 6.07) is 1.52. The summed E-state index contributed by atoms with van der Waals surface area (Å²) >= 11 is 0. The zero-order valence-corrected chi connectivity index (χ0v) is 9.69. The normalized spacial score (nSPS) is 18.2. The highest BCUT2D eigenvalue weighted by Gasteiger charge is 2.40. The lowest BCUT2D eigenvalue weighted by Crippen LogP contribution is -2.36. The lowest BCUT2D eigenvalue weighted by Gasteiger charge is -2.32. The molecule has 18 heavy (non-hydrogen) atoms. The van der Waals surface area contributed by atoms with Gasteiger partial charge in [-0.3, -0.25) is 4.79 Å². The van der Waals surface area contributed by atoms with Gasteiger partial charge in [0.05, 0.1) is 17.5 Å². The van der Waals surface area contributed by atoms with Crippen molar-refractivity contribution in [2.45, 2.75) is 32.0 Å². The van der Waals surface area contributed by atoms with Crippen LogP contribution in [0, 0.1) is 5.82 Å². The summed E-state index contributed by atoms with van der Waals surface area (Å²) in [5.41, 5.74) is -2.57. The molecule has 0 fully saturated rings. The second-order valence-electron chi connectivity index (χ2n) is 4.76. The number of fused-ring (bicyclic) bond motifs is 1. The second kappa shape index (κ2) is 3.70. The first kappa shape index (κ1) is 12.9. The molecular formula is C12H10F4O2. The van der Waals surface area contributed by atoms with E-state index in [1.807, 2.05) is 0 Å². The van der Waals surface area contributed by atoms with E-state index in [4.69, 9.17) is 4.74 Å². The van der Waals surface area contributed by atoms with Crippen LogP contribution in [0.3, 0.4) is 0 Å². The van der Waals surface area contributed by atoms with Crippen molar-refractivity contribution in [1.82, 2.24) is 0 Å². The lowest BCUT2D eigenvalue weighted by atomic mass is 9.92. The molecule has 0 saturated carbocycles. The molecule has 0 atom stereocenters. The molecule has 1 aromatic rings. The molecule has 1 aliphatic rings. The van der Waals surface area contributed by atoms with E-state index < -0.39 is 34.7 Å². The van der Waals surface area contributed by atoms with Gasteiger partial charge in [-0.2, -0.15) is 13.2 Å². The van der Waals surface area contributed by atoms with Crippen LogP contribution < -0.4 is 4.74 Å². The Hall–Kier alpha value is -1.59. The number of hydrogen-bond acceptors (Lipinski definition) is 2. The Balaban J connectivity index is 2.62. The zero-order valence-electron chi connectivity index (χ0n) is 9.69. The van der Waals surface area contributed by atoms with Crippen molar-refractivity contribution in [2.75, 3.05) is 0 Å². The summed E-state index contributed by atoms with van der Waals surface area (Å²) < 4.78 is 56.5. The molecule has 0 saturated heterocycles. The Kier molecular flexibility index (Phi) is 2.64. The molecule has 0 bridgehead atoms. The van der Waals surface area contributed by atoms with Gasteiger partial charge in [0.1, 0.15) is 5.60 Å². The highest BCUT2D eigenvalue weighted by atomic mass is 19.4. The van der Waals surface area contributed by atoms with E-state index >= 15 is 0 Å². The van der Waals surface area contributed by atoms with Crippen LogP contribution in [0.4, 0.5) is 17.6 Å². The van der Waals surface area contributed by atoms with Gasteiger partial charge in [0.2, 0.25) is 0 Å². The molecule has 0 unspecified atom stereocenters. The molecule has 0 aliphatic carbocycles. The first-order valence-electron chi connectivity index (χ1n) is 5.24. The van der Waals surface area contributed by atoms with Crippen LogP contribution in [0.5, 0.6) is 5.75 Å². The van der Waals surface area contributed by atoms with Gasteiger partial charge in [0.15, 0.2) is 17.3 Å². The van der Waals surface area contributed by atoms with Crippen molar-refractivity contribution in [3.8, 4) is 5.75 Å². The number of carbonyl (C=O) groups excluding carboxylic acids is 1. The molecule has 0 radical (unpaired) electrons. The SMILES string of the molecule is CC1(C)CC(=O)c2ccc(C(F)(F)F)c(F)c2O1. The highest BCUT2D eigenvalue weighted by molar-refractivity contribution is 6.00. The van der Waals surface area contributed by atoms with Gasteiger partial charge < -0.3 is 4.74 Å². The van der Waals surface area contributed by atoms with Crippen LogP contribution in [-0.2, 0) is 6.18 Å². The number of rotatable bonds is 0. The van der Waals surface area contributed by atoms with Gasteiger partial charge in [0.25, 0.3) is 0 Å². The summed E-state index contributed by atoms with van der Waals surface area (Å²) in [7, 11) is 0. The molecule has 0 aromatic heterocycles. The molecule has 0 spiro atoms. The average Bonchev–Trinajstić information content (AvgIpc) is 2.16. The Morgan fingerprint density at radius 3 is 2.44 bits per heavy atom. The summed E-state index contributed by atoms with van der Waals surface area (Å²) in [6.45, 7) is 3.04. The molecule has 0 amide bonds. The molecule has 2 nitrogen and oxygen atoms in total. The van der Waals surface area contributed by atoms with Gasteiger partial charge in [-0.1, -0.05) is 0 Å². The fourth-order valence-corrected chi connectivity index (χ4v) is 1.89. The van der Waals surface area contributed by atoms with Crippen molar-refractivity contribution in [1.29, 1.82) is 0 Å². The van der Waals surface area contributed by atoms with Crippen molar-refractivity contribution >= 4 is 5.78 Å². The fraction of sp³-hybridized carbons (Fsp3) is 0.417. The predicted octanol–water partition coefficient (Wildman–Crippen LogP) is 3.59. The minimum absolute atomic E-state index is 0.00477. The molecular weight excluding hydrogens is 252 g/mol. The van der Waals surface area contributed by atoms with E-state index in [1.165, 1.54) is 13.8 Å². The number of hydrogen-bond donors (Lipinski definition) is 0. The van der Waals surface area contributed by atoms with Crippen molar-refractivity contribution in [2.24, 2.45) is 0 Å². The maximum absolute atomic E-state index is 13.8. The van der Waals surface area contributed by atoms with Gasteiger partial charge in [-0.15, -0.1) is 0 Å². The van der Waals surface area contributed by atoms with E-state index in [0.717, 1.165) is 6.07 Å². The van der Waals surface area contributed by atoms with Crippen LogP contribution in [0.2, 0.25) is 0 Å². The van der Waals surface area contributed by atoms with Crippen molar-refractivity contribution in [3.63, 3.8) is 0 Å². The molecule has 1 aliphatic heterocycles. The van der Waals surface area contributed by atoms with Gasteiger partial charge in [-0.25, -0.2) is 4.39 Å². The highest BCUT2D eigenvalue weighted by Crippen LogP contribution is 2.41. The summed E-state index contributed by atoms with van der Waals surface area (Å²) in [6.07, 6.45) is -4.81. The first-order chi connectivity index (χ1) is 8.12. The van der Waals surface area contributed by atoms with E-state index in [0.29, 0.717) is 6.07 Å². The summed E-state index contributed by atoms with van der Waals surface area (Å²) in [5, 5.41) is 0. The third-order valence-corrected chi connectivity index (χ3v) is 2.67. The van der Waals surface area contributed by atoms with Crippen LogP contribution in [-0.4, -0.2) is 11.4 Å². The van der Waals surface area contributed by atoms with Gasteiger partial charge >= 0.3 is 6.18 Å². The Morgan fingerprint density at radius 1 is 1.28 bits per heavy atom. The van der Waals surface area contributed by atoms with E-state index in [2.05, 4.69) is 0 Å². The third kappa shape index (κ3) is 2.07. The minimum atomic E-state index is -4.81. The van der Waals surface area contributed by atoms with Crippen molar-refractivity contribution < 1.29 is 27.1 Å². The fourth-order valence-electron chi connectivity index (χ4n) is 1.89. The van der Waals surface area contributed by atoms with E-state index in [9.17, 15) is 22.4 Å². The molecule has 1 aromatic carbocycles. The van der Waals surface area contributed by atoms with Crippen LogP contribution in [0.1, 0.15) is 36.2 Å². The Bertz CT molecular complexity index is 518. The molecule has 2 rings (SSSR count). The molecule has 0 N–H and O–H groups in total. The number of halogens is 4. The standard InChI is InChI=1S/C12H10F4O2/c1-11(2)5-8(17)6-3-4-7(12(14,15)16)9(13)10(6)18-11/h3-4H,5H2,1-2H3. The Labute approximate surface area is 101 Å². The smallest absolute Gasteiger partial charge is 0.419 e. The second-order valence-corrected chi connectivity index (χ2v) is 4.76. The number of alkyl halides is 3. The number of ketones is 1. The minimum Gasteiger partial charge on any atom is -0.484 e. The van der Waals surface area contributed by atoms with E-state index in [-0.39, 0.29) is 12.0 Å². The van der Waals surface area contributed by atoms with Crippen LogP contribution in [0.15, 0.2) is 12.1 Å². The molecule has 98 valence electrons. The van der Waals surface area contributed by atoms with Crippen LogP contribution in [0.25, 0.3) is 0 Å². The number of ether oxygens (including phenoxy) is 1. The maximum atomic E-state index is 13.8. The largest absolute Gasteiger partial charge is 0.484 e. The number of carbonyl (C=O) groups is 1. The van der Waals surface area contributed by atoms with E-state index in [1.54, 1.807) is 0 Å². The summed E-state index contributed by atoms with van der Waals surface area (Å²) in [4.78, 5) is 11.7. The average molecular weight is 262 g/mol. The number of benzene rings is 1. The summed E-state index contributed by atoms with van der Waals surface area (Å²) in [5.74, 6) is -2.55. The van der Waals surface area contributed by atoms with Gasteiger partial charge in [-0.05, 0) is 26.0 Å². The molecule has 6 heteroatoms. The zero-order chi connectivity index (χ0) is 13.7. The number of Topliss-reactive ketones (excluding diaryl/α,β-unsaturated/α-hetero) is 1. The quantitative estimate of drug-likeness (QED) is 0.668. The third-order valence-electron chi connectivity index (χ3n) is 2.67. The maximum Gasteiger partial charge on any atom is 0.419 e. The monoisotopic (exact) mass is 262 g/mol. The van der Waals surface area contributed by atoms with Gasteiger partial charge in [0, 0.05) is 0 Å². The molecule has 1 heterocycles. The lowest BCUT2D eigenvalue weighted by molar-refractivity contribution is -0.140. The predicted molar refractivity (Wildman–Crippen MR) is 55.1 cm³/mol. The van der Waals surface area contributed by atoms with Crippen molar-refractivity contribution in [3.05, 3.63) is 29.1 Å². The Morgan fingerprint density at radius 2 is 1.89 bits per heavy atom. The topological polar surface area (TPSA) is 26.3 Å². The van der Waals surface area contributed by atoms with Crippen LogP contribution >= 0.6 is 0 Å².